The standard InChI is InChI=1S/C20H20N4O2/c25-20(15-6-7-15)23-10-11-26-18(13-23)19-17-9-8-16(12-24(17)22-21-19)14-4-2-1-3-5-14/h1-5,8-9,12,15,18H,6-7,10-11,13H2. The zero-order chi connectivity index (χ0) is 17.5. The first-order chi connectivity index (χ1) is 12.8. The first-order valence-electron chi connectivity index (χ1n) is 9.10. The molecule has 0 bridgehead atoms. The number of ether oxygens (including phenoxy) is 1. The van der Waals surface area contributed by atoms with Gasteiger partial charge in [-0.2, -0.15) is 0 Å². The largest absolute Gasteiger partial charge is 0.368 e. The molecule has 5 rings (SSSR count). The van der Waals surface area contributed by atoms with Gasteiger partial charge in [-0.15, -0.1) is 5.10 Å². The summed E-state index contributed by atoms with van der Waals surface area (Å²) in [5, 5.41) is 8.64. The Morgan fingerprint density at radius 1 is 1.08 bits per heavy atom. The number of amides is 1. The molecule has 1 amide bonds. The molecule has 0 radical (unpaired) electrons. The van der Waals surface area contributed by atoms with E-state index in [-0.39, 0.29) is 17.9 Å². The van der Waals surface area contributed by atoms with Crippen molar-refractivity contribution in [3.63, 3.8) is 0 Å². The molecule has 1 aliphatic carbocycles. The molecule has 26 heavy (non-hydrogen) atoms. The van der Waals surface area contributed by atoms with Crippen LogP contribution in [0.4, 0.5) is 0 Å². The number of aromatic nitrogens is 3. The molecule has 3 heterocycles. The number of nitrogens with zero attached hydrogens (tertiary/aromatic N) is 4. The minimum Gasteiger partial charge on any atom is -0.368 e. The van der Waals surface area contributed by atoms with Crippen molar-refractivity contribution in [2.24, 2.45) is 5.92 Å². The fourth-order valence-corrected chi connectivity index (χ4v) is 3.55. The van der Waals surface area contributed by atoms with Crippen LogP contribution in [0.1, 0.15) is 24.6 Å². The van der Waals surface area contributed by atoms with Crippen LogP contribution in [-0.4, -0.2) is 45.3 Å². The summed E-state index contributed by atoms with van der Waals surface area (Å²) >= 11 is 0. The van der Waals surface area contributed by atoms with Crippen molar-refractivity contribution in [2.45, 2.75) is 18.9 Å². The Morgan fingerprint density at radius 3 is 2.73 bits per heavy atom. The van der Waals surface area contributed by atoms with Gasteiger partial charge in [0.2, 0.25) is 5.91 Å². The third-order valence-electron chi connectivity index (χ3n) is 5.16. The number of carbonyl (C=O) groups excluding carboxylic acids is 1. The second-order valence-electron chi connectivity index (χ2n) is 7.01. The molecule has 1 aromatic carbocycles. The Bertz CT molecular complexity index is 949. The summed E-state index contributed by atoms with van der Waals surface area (Å²) in [4.78, 5) is 14.3. The minimum absolute atomic E-state index is 0.216. The van der Waals surface area contributed by atoms with Gasteiger partial charge >= 0.3 is 0 Å². The van der Waals surface area contributed by atoms with Crippen LogP contribution in [-0.2, 0) is 9.53 Å². The first-order valence-corrected chi connectivity index (χ1v) is 9.10. The summed E-state index contributed by atoms with van der Waals surface area (Å²) in [7, 11) is 0. The molecular weight excluding hydrogens is 328 g/mol. The average Bonchev–Trinajstić information content (AvgIpc) is 3.47. The lowest BCUT2D eigenvalue weighted by molar-refractivity contribution is -0.140. The van der Waals surface area contributed by atoms with Crippen LogP contribution in [0, 0.1) is 5.92 Å². The van der Waals surface area contributed by atoms with Gasteiger partial charge in [0.15, 0.2) is 0 Å². The zero-order valence-corrected chi connectivity index (χ0v) is 14.4. The van der Waals surface area contributed by atoms with Crippen molar-refractivity contribution in [1.29, 1.82) is 0 Å². The molecule has 1 saturated heterocycles. The molecule has 1 unspecified atom stereocenters. The molecule has 2 fully saturated rings. The SMILES string of the molecule is O=C(C1CC1)N1CCOC(c2nnn3cc(-c4ccccc4)ccc23)C1. The van der Waals surface area contributed by atoms with Crippen LogP contribution in [0.15, 0.2) is 48.7 Å². The van der Waals surface area contributed by atoms with Crippen molar-refractivity contribution in [2.75, 3.05) is 19.7 Å². The molecule has 3 aromatic rings. The van der Waals surface area contributed by atoms with E-state index in [1.807, 2.05) is 35.4 Å². The third-order valence-corrected chi connectivity index (χ3v) is 5.16. The maximum absolute atomic E-state index is 12.4. The molecule has 0 N–H and O–H groups in total. The number of hydrogen-bond donors (Lipinski definition) is 0. The van der Waals surface area contributed by atoms with E-state index < -0.39 is 0 Å². The maximum atomic E-state index is 12.4. The van der Waals surface area contributed by atoms with E-state index in [1.165, 1.54) is 0 Å². The van der Waals surface area contributed by atoms with Gasteiger partial charge in [0, 0.05) is 24.2 Å². The Hall–Kier alpha value is -2.73. The molecule has 1 saturated carbocycles. The van der Waals surface area contributed by atoms with Crippen LogP contribution < -0.4 is 0 Å². The predicted molar refractivity (Wildman–Crippen MR) is 96.4 cm³/mol. The normalized spacial score (nSPS) is 20.5. The maximum Gasteiger partial charge on any atom is 0.225 e. The van der Waals surface area contributed by atoms with Crippen LogP contribution in [0.25, 0.3) is 16.6 Å². The minimum atomic E-state index is -0.216. The highest BCUT2D eigenvalue weighted by atomic mass is 16.5. The van der Waals surface area contributed by atoms with Crippen LogP contribution in [0.3, 0.4) is 0 Å². The number of fused-ring (bicyclic) bond motifs is 1. The lowest BCUT2D eigenvalue weighted by Gasteiger charge is -2.32. The van der Waals surface area contributed by atoms with E-state index in [1.54, 1.807) is 4.52 Å². The topological polar surface area (TPSA) is 59.7 Å². The summed E-state index contributed by atoms with van der Waals surface area (Å²) in [5.74, 6) is 0.500. The van der Waals surface area contributed by atoms with Crippen LogP contribution in [0.5, 0.6) is 0 Å². The molecule has 1 atom stereocenters. The highest BCUT2D eigenvalue weighted by molar-refractivity contribution is 5.81. The average molecular weight is 348 g/mol. The Kier molecular flexibility index (Phi) is 3.71. The van der Waals surface area contributed by atoms with E-state index in [0.717, 1.165) is 35.2 Å². The van der Waals surface area contributed by atoms with Crippen molar-refractivity contribution in [1.82, 2.24) is 19.7 Å². The smallest absolute Gasteiger partial charge is 0.225 e. The molecule has 1 aliphatic heterocycles. The van der Waals surface area contributed by atoms with Crippen LogP contribution >= 0.6 is 0 Å². The third kappa shape index (κ3) is 2.76. The summed E-state index contributed by atoms with van der Waals surface area (Å²) in [5.41, 5.74) is 3.96. The van der Waals surface area contributed by atoms with Gasteiger partial charge in [0.05, 0.1) is 18.7 Å². The van der Waals surface area contributed by atoms with Crippen LogP contribution in [0.2, 0.25) is 0 Å². The quantitative estimate of drug-likeness (QED) is 0.730. The number of hydrogen-bond acceptors (Lipinski definition) is 4. The summed E-state index contributed by atoms with van der Waals surface area (Å²) in [6.45, 7) is 1.78. The summed E-state index contributed by atoms with van der Waals surface area (Å²) in [6, 6.07) is 14.3. The predicted octanol–water partition coefficient (Wildman–Crippen LogP) is 2.71. The highest BCUT2D eigenvalue weighted by Gasteiger charge is 2.36. The van der Waals surface area contributed by atoms with Crippen molar-refractivity contribution in [3.05, 3.63) is 54.4 Å². The molecule has 2 aliphatic rings. The molecule has 6 heteroatoms. The highest BCUT2D eigenvalue weighted by Crippen LogP contribution is 2.33. The number of benzene rings is 1. The zero-order valence-electron chi connectivity index (χ0n) is 14.4. The van der Waals surface area contributed by atoms with E-state index in [0.29, 0.717) is 19.7 Å². The van der Waals surface area contributed by atoms with E-state index in [4.69, 9.17) is 4.74 Å². The van der Waals surface area contributed by atoms with Gasteiger partial charge < -0.3 is 9.64 Å². The molecule has 6 nitrogen and oxygen atoms in total. The van der Waals surface area contributed by atoms with Gasteiger partial charge in [0.25, 0.3) is 0 Å². The van der Waals surface area contributed by atoms with Gasteiger partial charge in [-0.1, -0.05) is 41.6 Å². The Labute approximate surface area is 151 Å². The van der Waals surface area contributed by atoms with Crippen molar-refractivity contribution in [3.8, 4) is 11.1 Å². The summed E-state index contributed by atoms with van der Waals surface area (Å²) < 4.78 is 7.71. The van der Waals surface area contributed by atoms with Crippen molar-refractivity contribution < 1.29 is 9.53 Å². The lowest BCUT2D eigenvalue weighted by Crippen LogP contribution is -2.43. The fourth-order valence-electron chi connectivity index (χ4n) is 3.55. The summed E-state index contributed by atoms with van der Waals surface area (Å²) in [6.07, 6.45) is 3.82. The number of carbonyl (C=O) groups is 1. The van der Waals surface area contributed by atoms with E-state index >= 15 is 0 Å². The Morgan fingerprint density at radius 2 is 1.92 bits per heavy atom. The van der Waals surface area contributed by atoms with Gasteiger partial charge in [-0.3, -0.25) is 4.79 Å². The van der Waals surface area contributed by atoms with E-state index in [9.17, 15) is 4.79 Å². The van der Waals surface area contributed by atoms with Crippen molar-refractivity contribution >= 4 is 11.4 Å². The van der Waals surface area contributed by atoms with E-state index in [2.05, 4.69) is 28.5 Å². The second kappa shape index (κ2) is 6.21. The molecular formula is C20H20N4O2. The van der Waals surface area contributed by atoms with Gasteiger partial charge in [0.1, 0.15) is 11.8 Å². The number of morpholine rings is 1. The Balaban J connectivity index is 1.43. The monoisotopic (exact) mass is 348 g/mol. The van der Waals surface area contributed by atoms with Gasteiger partial charge in [-0.25, -0.2) is 4.52 Å². The lowest BCUT2D eigenvalue weighted by atomic mass is 10.1. The second-order valence-corrected chi connectivity index (χ2v) is 7.01. The molecule has 0 spiro atoms. The van der Waals surface area contributed by atoms with Gasteiger partial charge in [-0.05, 0) is 24.5 Å². The fraction of sp³-hybridized carbons (Fsp3) is 0.350. The molecule has 132 valence electrons. The number of rotatable bonds is 3. The molecule has 2 aromatic heterocycles. The first kappa shape index (κ1) is 15.5. The number of pyridine rings is 1.